The van der Waals surface area contributed by atoms with Crippen molar-refractivity contribution in [1.29, 1.82) is 0 Å². The van der Waals surface area contributed by atoms with Crippen molar-refractivity contribution in [2.75, 3.05) is 11.1 Å². The number of pyridine rings is 1. The van der Waals surface area contributed by atoms with E-state index < -0.39 is 0 Å². The van der Waals surface area contributed by atoms with E-state index in [0.717, 1.165) is 23.5 Å². The minimum Gasteiger partial charge on any atom is -0.396 e. The normalized spacial score (nSPS) is 17.8. The van der Waals surface area contributed by atoms with Gasteiger partial charge in [-0.2, -0.15) is 0 Å². The summed E-state index contributed by atoms with van der Waals surface area (Å²) in [7, 11) is 0. The first-order valence-electron chi connectivity index (χ1n) is 6.81. The van der Waals surface area contributed by atoms with E-state index in [1.807, 2.05) is 19.2 Å². The van der Waals surface area contributed by atoms with Gasteiger partial charge in [-0.25, -0.2) is 4.98 Å². The number of nitrogens with one attached hydrogen (secondary N) is 1. The Morgan fingerprint density at radius 1 is 1.26 bits per heavy atom. The third-order valence-electron chi connectivity index (χ3n) is 3.89. The molecule has 3 rings (SSSR count). The molecular formula is C16H19N3. The van der Waals surface area contributed by atoms with Crippen LogP contribution in [0.1, 0.15) is 35.6 Å². The van der Waals surface area contributed by atoms with Gasteiger partial charge in [0.1, 0.15) is 5.82 Å². The Morgan fingerprint density at radius 3 is 3.00 bits per heavy atom. The average molecular weight is 253 g/mol. The molecule has 1 heterocycles. The van der Waals surface area contributed by atoms with E-state index >= 15 is 0 Å². The third kappa shape index (κ3) is 2.28. The van der Waals surface area contributed by atoms with Crippen molar-refractivity contribution in [2.24, 2.45) is 0 Å². The van der Waals surface area contributed by atoms with Gasteiger partial charge in [0.2, 0.25) is 0 Å². The summed E-state index contributed by atoms with van der Waals surface area (Å²) in [5.74, 6) is 0.807. The number of rotatable bonds is 2. The van der Waals surface area contributed by atoms with Crippen molar-refractivity contribution < 1.29 is 0 Å². The number of nitrogens with two attached hydrogens (primary N) is 1. The maximum atomic E-state index is 6.09. The molecule has 98 valence electrons. The number of nitrogen functional groups attached to an aromatic ring is 1. The van der Waals surface area contributed by atoms with Crippen LogP contribution in [-0.2, 0) is 6.42 Å². The van der Waals surface area contributed by atoms with E-state index in [0.29, 0.717) is 6.04 Å². The van der Waals surface area contributed by atoms with Gasteiger partial charge in [-0.15, -0.1) is 0 Å². The first-order valence-corrected chi connectivity index (χ1v) is 6.81. The van der Waals surface area contributed by atoms with Gasteiger partial charge in [0.25, 0.3) is 0 Å². The minimum absolute atomic E-state index is 0.321. The van der Waals surface area contributed by atoms with Crippen molar-refractivity contribution in [3.05, 3.63) is 53.2 Å². The zero-order valence-corrected chi connectivity index (χ0v) is 11.2. The Kier molecular flexibility index (Phi) is 3.11. The fourth-order valence-corrected chi connectivity index (χ4v) is 2.75. The first kappa shape index (κ1) is 12.0. The monoisotopic (exact) mass is 253 g/mol. The highest BCUT2D eigenvalue weighted by Crippen LogP contribution is 2.33. The lowest BCUT2D eigenvalue weighted by atomic mass is 9.88. The fourth-order valence-electron chi connectivity index (χ4n) is 2.75. The van der Waals surface area contributed by atoms with Crippen molar-refractivity contribution in [1.82, 2.24) is 4.98 Å². The van der Waals surface area contributed by atoms with Crippen LogP contribution in [-0.4, -0.2) is 4.98 Å². The summed E-state index contributed by atoms with van der Waals surface area (Å²) in [5.41, 5.74) is 10.7. The van der Waals surface area contributed by atoms with Gasteiger partial charge in [-0.05, 0) is 48.9 Å². The predicted molar refractivity (Wildman–Crippen MR) is 79.1 cm³/mol. The number of hydrogen-bond donors (Lipinski definition) is 2. The van der Waals surface area contributed by atoms with E-state index in [4.69, 9.17) is 5.73 Å². The summed E-state index contributed by atoms with van der Waals surface area (Å²) < 4.78 is 0. The molecule has 1 unspecified atom stereocenters. The van der Waals surface area contributed by atoms with E-state index in [1.165, 1.54) is 24.0 Å². The van der Waals surface area contributed by atoms with Crippen LogP contribution in [0.2, 0.25) is 0 Å². The smallest absolute Gasteiger partial charge is 0.149 e. The van der Waals surface area contributed by atoms with E-state index in [-0.39, 0.29) is 0 Å². The van der Waals surface area contributed by atoms with Crippen LogP contribution in [0.25, 0.3) is 0 Å². The zero-order valence-electron chi connectivity index (χ0n) is 11.2. The Bertz CT molecular complexity index is 592. The van der Waals surface area contributed by atoms with Crippen LogP contribution in [0.5, 0.6) is 0 Å². The van der Waals surface area contributed by atoms with Gasteiger partial charge < -0.3 is 11.1 Å². The maximum absolute atomic E-state index is 6.09. The number of nitrogens with zero attached hydrogens (tertiary/aromatic N) is 1. The number of aryl methyl sites for hydroxylation is 2. The molecule has 0 saturated carbocycles. The molecule has 1 aromatic heterocycles. The van der Waals surface area contributed by atoms with Crippen LogP contribution in [0.15, 0.2) is 36.5 Å². The summed E-state index contributed by atoms with van der Waals surface area (Å²) in [5, 5.41) is 3.51. The Balaban J connectivity index is 1.91. The molecule has 1 aliphatic rings. The SMILES string of the molecule is Cc1ccnc(NC2CCCc3ccccc32)c1N. The van der Waals surface area contributed by atoms with Gasteiger partial charge in [-0.3, -0.25) is 0 Å². The molecule has 0 bridgehead atoms. The number of fused-ring (bicyclic) bond motifs is 1. The van der Waals surface area contributed by atoms with Gasteiger partial charge in [-0.1, -0.05) is 24.3 Å². The van der Waals surface area contributed by atoms with Crippen LogP contribution in [0.4, 0.5) is 11.5 Å². The second-order valence-electron chi connectivity index (χ2n) is 5.18. The van der Waals surface area contributed by atoms with Crippen molar-refractivity contribution >= 4 is 11.5 Å². The van der Waals surface area contributed by atoms with E-state index in [1.54, 1.807) is 0 Å². The zero-order chi connectivity index (χ0) is 13.2. The second kappa shape index (κ2) is 4.92. The molecule has 3 N–H and O–H groups in total. The quantitative estimate of drug-likeness (QED) is 0.861. The summed E-state index contributed by atoms with van der Waals surface area (Å²) in [6.07, 6.45) is 5.32. The first-order chi connectivity index (χ1) is 9.25. The van der Waals surface area contributed by atoms with Gasteiger partial charge in [0, 0.05) is 6.20 Å². The summed E-state index contributed by atoms with van der Waals surface area (Å²) >= 11 is 0. The standard InChI is InChI=1S/C16H19N3/c1-11-9-10-18-16(15(11)17)19-14-8-4-6-12-5-2-3-7-13(12)14/h2-3,5,7,9-10,14H,4,6,8,17H2,1H3,(H,18,19). The van der Waals surface area contributed by atoms with Crippen LogP contribution >= 0.6 is 0 Å². The van der Waals surface area contributed by atoms with Gasteiger partial charge in [0.15, 0.2) is 0 Å². The number of hydrogen-bond acceptors (Lipinski definition) is 3. The summed E-state index contributed by atoms with van der Waals surface area (Å²) in [4.78, 5) is 4.37. The van der Waals surface area contributed by atoms with Crippen LogP contribution < -0.4 is 11.1 Å². The molecule has 2 aromatic rings. The second-order valence-corrected chi connectivity index (χ2v) is 5.18. The van der Waals surface area contributed by atoms with E-state index in [9.17, 15) is 0 Å². The van der Waals surface area contributed by atoms with Crippen LogP contribution in [0, 0.1) is 6.92 Å². The summed E-state index contributed by atoms with van der Waals surface area (Å²) in [6, 6.07) is 10.9. The molecule has 1 aliphatic carbocycles. The molecule has 0 amide bonds. The molecule has 1 aromatic carbocycles. The maximum Gasteiger partial charge on any atom is 0.149 e. The molecule has 0 radical (unpaired) electrons. The highest BCUT2D eigenvalue weighted by atomic mass is 15.0. The molecular weight excluding hydrogens is 234 g/mol. The fraction of sp³-hybridized carbons (Fsp3) is 0.312. The topological polar surface area (TPSA) is 50.9 Å². The number of benzene rings is 1. The highest BCUT2D eigenvalue weighted by molar-refractivity contribution is 5.65. The Labute approximate surface area is 113 Å². The average Bonchev–Trinajstić information content (AvgIpc) is 2.44. The molecule has 1 atom stereocenters. The highest BCUT2D eigenvalue weighted by Gasteiger charge is 2.20. The molecule has 3 heteroatoms. The number of aromatic nitrogens is 1. The predicted octanol–water partition coefficient (Wildman–Crippen LogP) is 3.46. The van der Waals surface area contributed by atoms with Crippen molar-refractivity contribution in [2.45, 2.75) is 32.2 Å². The molecule has 19 heavy (non-hydrogen) atoms. The number of anilines is 2. The lowest BCUT2D eigenvalue weighted by molar-refractivity contribution is 0.599. The van der Waals surface area contributed by atoms with Crippen molar-refractivity contribution in [3.8, 4) is 0 Å². The lowest BCUT2D eigenvalue weighted by Gasteiger charge is -2.27. The largest absolute Gasteiger partial charge is 0.396 e. The van der Waals surface area contributed by atoms with Crippen LogP contribution in [0.3, 0.4) is 0 Å². The van der Waals surface area contributed by atoms with E-state index in [2.05, 4.69) is 34.6 Å². The van der Waals surface area contributed by atoms with Gasteiger partial charge in [0.05, 0.1) is 11.7 Å². The molecule has 3 nitrogen and oxygen atoms in total. The molecule has 0 saturated heterocycles. The lowest BCUT2D eigenvalue weighted by Crippen LogP contribution is -2.18. The Hall–Kier alpha value is -2.03. The molecule has 0 spiro atoms. The summed E-state index contributed by atoms with van der Waals surface area (Å²) in [6.45, 7) is 2.01. The van der Waals surface area contributed by atoms with Gasteiger partial charge >= 0.3 is 0 Å². The minimum atomic E-state index is 0.321. The Morgan fingerprint density at radius 2 is 2.11 bits per heavy atom. The molecule has 0 aliphatic heterocycles. The third-order valence-corrected chi connectivity index (χ3v) is 3.89. The van der Waals surface area contributed by atoms with Crippen molar-refractivity contribution in [3.63, 3.8) is 0 Å². The molecule has 0 fully saturated rings.